The standard InChI is InChI=1S/C15H19NO5/c1-4-16(15(2,3)14(18)19)13(17)10-5-6-11-12(9-10)21-8-7-20-11/h5-6,9H,4,7-8H2,1-3H3,(H,18,19). The number of benzene rings is 1. The van der Waals surface area contributed by atoms with Crippen LogP contribution in [0, 0.1) is 0 Å². The Morgan fingerprint density at radius 1 is 1.24 bits per heavy atom. The van der Waals surface area contributed by atoms with Crippen LogP contribution in [0.15, 0.2) is 18.2 Å². The fourth-order valence-electron chi connectivity index (χ4n) is 2.24. The van der Waals surface area contributed by atoms with E-state index in [1.807, 2.05) is 0 Å². The fourth-order valence-corrected chi connectivity index (χ4v) is 2.24. The van der Waals surface area contributed by atoms with Gasteiger partial charge in [0.05, 0.1) is 0 Å². The van der Waals surface area contributed by atoms with Crippen molar-refractivity contribution in [2.24, 2.45) is 0 Å². The maximum Gasteiger partial charge on any atom is 0.329 e. The minimum absolute atomic E-state index is 0.298. The molecule has 21 heavy (non-hydrogen) atoms. The summed E-state index contributed by atoms with van der Waals surface area (Å²) in [6.45, 7) is 5.98. The molecular formula is C15H19NO5. The minimum atomic E-state index is -1.28. The highest BCUT2D eigenvalue weighted by Crippen LogP contribution is 2.31. The number of fused-ring (bicyclic) bond motifs is 1. The number of hydrogen-bond donors (Lipinski definition) is 1. The van der Waals surface area contributed by atoms with E-state index in [-0.39, 0.29) is 5.91 Å². The second kappa shape index (κ2) is 5.63. The first kappa shape index (κ1) is 15.2. The highest BCUT2D eigenvalue weighted by atomic mass is 16.6. The van der Waals surface area contributed by atoms with E-state index in [9.17, 15) is 14.7 Å². The predicted octanol–water partition coefficient (Wildman–Crippen LogP) is 1.78. The monoisotopic (exact) mass is 293 g/mol. The smallest absolute Gasteiger partial charge is 0.329 e. The van der Waals surface area contributed by atoms with Crippen LogP contribution >= 0.6 is 0 Å². The molecule has 0 bridgehead atoms. The molecule has 0 atom stereocenters. The summed E-state index contributed by atoms with van der Waals surface area (Å²) >= 11 is 0. The van der Waals surface area contributed by atoms with Crippen molar-refractivity contribution in [2.45, 2.75) is 26.3 Å². The molecule has 0 radical (unpaired) electrons. The third-order valence-electron chi connectivity index (χ3n) is 3.55. The first-order chi connectivity index (χ1) is 9.87. The summed E-state index contributed by atoms with van der Waals surface area (Å²) in [5, 5.41) is 9.29. The zero-order valence-corrected chi connectivity index (χ0v) is 12.4. The van der Waals surface area contributed by atoms with E-state index in [1.54, 1.807) is 25.1 Å². The molecule has 1 N–H and O–H groups in total. The van der Waals surface area contributed by atoms with Gasteiger partial charge in [0.25, 0.3) is 5.91 Å². The van der Waals surface area contributed by atoms with Crippen LogP contribution in [0.3, 0.4) is 0 Å². The predicted molar refractivity (Wildman–Crippen MR) is 75.9 cm³/mol. The van der Waals surface area contributed by atoms with Gasteiger partial charge in [-0.1, -0.05) is 0 Å². The van der Waals surface area contributed by atoms with Gasteiger partial charge in [-0.3, -0.25) is 4.79 Å². The number of amides is 1. The summed E-state index contributed by atoms with van der Waals surface area (Å²) < 4.78 is 10.9. The molecule has 0 aromatic heterocycles. The Balaban J connectivity index is 2.32. The van der Waals surface area contributed by atoms with Crippen LogP contribution in [0.2, 0.25) is 0 Å². The van der Waals surface area contributed by atoms with Crippen LogP contribution < -0.4 is 9.47 Å². The quantitative estimate of drug-likeness (QED) is 0.915. The lowest BCUT2D eigenvalue weighted by atomic mass is 10.0. The van der Waals surface area contributed by atoms with Crippen molar-refractivity contribution >= 4 is 11.9 Å². The lowest BCUT2D eigenvalue weighted by molar-refractivity contribution is -0.147. The van der Waals surface area contributed by atoms with E-state index >= 15 is 0 Å². The number of rotatable bonds is 4. The molecule has 2 rings (SSSR count). The van der Waals surface area contributed by atoms with Gasteiger partial charge in [-0.05, 0) is 39.0 Å². The second-order valence-corrected chi connectivity index (χ2v) is 5.27. The molecule has 0 saturated carbocycles. The van der Waals surface area contributed by atoms with Crippen LogP contribution in [0.1, 0.15) is 31.1 Å². The number of hydrogen-bond acceptors (Lipinski definition) is 4. The molecule has 114 valence electrons. The van der Waals surface area contributed by atoms with Crippen molar-refractivity contribution in [1.82, 2.24) is 4.90 Å². The highest BCUT2D eigenvalue weighted by Gasteiger charge is 2.37. The van der Waals surface area contributed by atoms with Gasteiger partial charge < -0.3 is 19.5 Å². The Hall–Kier alpha value is -2.24. The van der Waals surface area contributed by atoms with E-state index in [4.69, 9.17) is 9.47 Å². The molecule has 1 aliphatic rings. The normalized spacial score (nSPS) is 13.7. The summed E-state index contributed by atoms with van der Waals surface area (Å²) in [4.78, 5) is 25.3. The largest absolute Gasteiger partial charge is 0.486 e. The average molecular weight is 293 g/mol. The van der Waals surface area contributed by atoms with Crippen LogP contribution in [0.4, 0.5) is 0 Å². The van der Waals surface area contributed by atoms with Crippen molar-refractivity contribution in [1.29, 1.82) is 0 Å². The number of carbonyl (C=O) groups is 2. The molecule has 1 aromatic rings. The number of carboxylic acids is 1. The number of ether oxygens (including phenoxy) is 2. The van der Waals surface area contributed by atoms with Gasteiger partial charge in [-0.15, -0.1) is 0 Å². The van der Waals surface area contributed by atoms with Crippen LogP contribution in [-0.4, -0.2) is 47.2 Å². The summed E-state index contributed by atoms with van der Waals surface area (Å²) in [6.07, 6.45) is 0. The van der Waals surface area contributed by atoms with Gasteiger partial charge in [0, 0.05) is 12.1 Å². The van der Waals surface area contributed by atoms with Crippen LogP contribution in [-0.2, 0) is 4.79 Å². The van der Waals surface area contributed by atoms with Gasteiger partial charge in [-0.2, -0.15) is 0 Å². The molecule has 0 unspecified atom stereocenters. The first-order valence-corrected chi connectivity index (χ1v) is 6.83. The van der Waals surface area contributed by atoms with Gasteiger partial charge in [-0.25, -0.2) is 4.79 Å². The lowest BCUT2D eigenvalue weighted by Gasteiger charge is -2.34. The maximum atomic E-state index is 12.6. The van der Waals surface area contributed by atoms with Crippen LogP contribution in [0.25, 0.3) is 0 Å². The Labute approximate surface area is 123 Å². The van der Waals surface area contributed by atoms with E-state index in [0.717, 1.165) is 0 Å². The molecule has 0 fully saturated rings. The van der Waals surface area contributed by atoms with E-state index < -0.39 is 11.5 Å². The molecule has 1 aliphatic heterocycles. The van der Waals surface area contributed by atoms with Gasteiger partial charge >= 0.3 is 5.97 Å². The SMILES string of the molecule is CCN(C(=O)c1ccc2c(c1)OCCO2)C(C)(C)C(=O)O. The molecule has 1 amide bonds. The summed E-state index contributed by atoms with van der Waals surface area (Å²) in [6, 6.07) is 4.89. The summed E-state index contributed by atoms with van der Waals surface area (Å²) in [5.74, 6) is -0.285. The Bertz CT molecular complexity index is 567. The lowest BCUT2D eigenvalue weighted by Crippen LogP contribution is -2.52. The van der Waals surface area contributed by atoms with E-state index in [1.165, 1.54) is 18.7 Å². The molecule has 6 nitrogen and oxygen atoms in total. The molecule has 0 saturated heterocycles. The summed E-state index contributed by atoms with van der Waals surface area (Å²) in [5.41, 5.74) is -0.894. The van der Waals surface area contributed by atoms with Crippen molar-refractivity contribution in [3.05, 3.63) is 23.8 Å². The number of likely N-dealkylation sites (N-methyl/N-ethyl adjacent to an activating group) is 1. The van der Waals surface area contributed by atoms with Crippen molar-refractivity contribution in [3.8, 4) is 11.5 Å². The topological polar surface area (TPSA) is 76.1 Å². The van der Waals surface area contributed by atoms with Gasteiger partial charge in [0.15, 0.2) is 11.5 Å². The van der Waals surface area contributed by atoms with E-state index in [2.05, 4.69) is 0 Å². The molecule has 0 spiro atoms. The second-order valence-electron chi connectivity index (χ2n) is 5.27. The molecule has 1 heterocycles. The molecule has 0 aliphatic carbocycles. The first-order valence-electron chi connectivity index (χ1n) is 6.83. The van der Waals surface area contributed by atoms with Gasteiger partial charge in [0.2, 0.25) is 0 Å². The van der Waals surface area contributed by atoms with Crippen LogP contribution in [0.5, 0.6) is 11.5 Å². The number of carboxylic acid groups (broad SMARTS) is 1. The summed E-state index contributed by atoms with van der Waals surface area (Å²) in [7, 11) is 0. The molecule has 6 heteroatoms. The number of nitrogens with zero attached hydrogens (tertiary/aromatic N) is 1. The van der Waals surface area contributed by atoms with E-state index in [0.29, 0.717) is 36.8 Å². The molecule has 1 aromatic carbocycles. The van der Waals surface area contributed by atoms with Crippen molar-refractivity contribution in [3.63, 3.8) is 0 Å². The number of carbonyl (C=O) groups excluding carboxylic acids is 1. The van der Waals surface area contributed by atoms with Gasteiger partial charge in [0.1, 0.15) is 18.8 Å². The van der Waals surface area contributed by atoms with Crippen molar-refractivity contribution in [2.75, 3.05) is 19.8 Å². The minimum Gasteiger partial charge on any atom is -0.486 e. The van der Waals surface area contributed by atoms with Crippen molar-refractivity contribution < 1.29 is 24.2 Å². The number of aliphatic carboxylic acids is 1. The fraction of sp³-hybridized carbons (Fsp3) is 0.467. The zero-order valence-electron chi connectivity index (χ0n) is 12.4. The highest BCUT2D eigenvalue weighted by molar-refractivity contribution is 5.98. The Morgan fingerprint density at radius 2 is 1.86 bits per heavy atom. The Kier molecular flexibility index (Phi) is 4.06. The molecular weight excluding hydrogens is 274 g/mol. The average Bonchev–Trinajstić information content (AvgIpc) is 2.46. The zero-order chi connectivity index (χ0) is 15.6. The maximum absolute atomic E-state index is 12.6. The Morgan fingerprint density at radius 3 is 2.43 bits per heavy atom. The third-order valence-corrected chi connectivity index (χ3v) is 3.55. The third kappa shape index (κ3) is 2.79.